The zero-order chi connectivity index (χ0) is 16.8. The Kier molecular flexibility index (Phi) is 5.63. The SMILES string of the molecule is CCOc1ccc(NC(=O)[C@H](C)Oc2ccc(C)c(C)c2)cc1. The molecule has 2 aromatic carbocycles. The number of carbonyl (C=O) groups is 1. The highest BCUT2D eigenvalue weighted by molar-refractivity contribution is 5.94. The normalized spacial score (nSPS) is 11.7. The Bertz CT molecular complexity index is 665. The molecule has 1 N–H and O–H groups in total. The molecule has 0 aliphatic heterocycles. The highest BCUT2D eigenvalue weighted by Crippen LogP contribution is 2.19. The Labute approximate surface area is 137 Å². The van der Waals surface area contributed by atoms with Crippen LogP contribution in [0.1, 0.15) is 25.0 Å². The van der Waals surface area contributed by atoms with Crippen LogP contribution in [0.4, 0.5) is 5.69 Å². The molecule has 0 bridgehead atoms. The number of rotatable bonds is 6. The Morgan fingerprint density at radius 3 is 2.30 bits per heavy atom. The quantitative estimate of drug-likeness (QED) is 0.873. The van der Waals surface area contributed by atoms with Gasteiger partial charge in [0.25, 0.3) is 5.91 Å². The molecule has 0 radical (unpaired) electrons. The number of hydrogen-bond acceptors (Lipinski definition) is 3. The molecular weight excluding hydrogens is 290 g/mol. The Hall–Kier alpha value is -2.49. The van der Waals surface area contributed by atoms with Gasteiger partial charge in [0.15, 0.2) is 6.10 Å². The molecule has 0 aliphatic carbocycles. The van der Waals surface area contributed by atoms with E-state index in [-0.39, 0.29) is 5.91 Å². The number of nitrogens with one attached hydrogen (secondary N) is 1. The summed E-state index contributed by atoms with van der Waals surface area (Å²) >= 11 is 0. The molecule has 0 heterocycles. The molecule has 1 atom stereocenters. The third-order valence-electron chi connectivity index (χ3n) is 3.59. The minimum atomic E-state index is -0.580. The maximum Gasteiger partial charge on any atom is 0.265 e. The van der Waals surface area contributed by atoms with Crippen LogP contribution in [0.2, 0.25) is 0 Å². The second-order valence-electron chi connectivity index (χ2n) is 5.45. The molecular formula is C19H23NO3. The molecule has 122 valence electrons. The van der Waals surface area contributed by atoms with E-state index in [9.17, 15) is 4.79 Å². The third kappa shape index (κ3) is 4.74. The van der Waals surface area contributed by atoms with E-state index in [0.29, 0.717) is 18.0 Å². The summed E-state index contributed by atoms with van der Waals surface area (Å²) < 4.78 is 11.1. The highest BCUT2D eigenvalue weighted by atomic mass is 16.5. The van der Waals surface area contributed by atoms with Crippen molar-refractivity contribution in [2.24, 2.45) is 0 Å². The van der Waals surface area contributed by atoms with E-state index in [1.807, 2.05) is 63.2 Å². The van der Waals surface area contributed by atoms with Crippen molar-refractivity contribution in [3.05, 3.63) is 53.6 Å². The molecule has 0 fully saturated rings. The van der Waals surface area contributed by atoms with Crippen molar-refractivity contribution in [3.8, 4) is 11.5 Å². The van der Waals surface area contributed by atoms with E-state index in [1.165, 1.54) is 5.56 Å². The summed E-state index contributed by atoms with van der Waals surface area (Å²) in [4.78, 5) is 12.2. The summed E-state index contributed by atoms with van der Waals surface area (Å²) in [6.45, 7) is 8.35. The summed E-state index contributed by atoms with van der Waals surface area (Å²) in [6, 6.07) is 13.1. The number of ether oxygens (including phenoxy) is 2. The highest BCUT2D eigenvalue weighted by Gasteiger charge is 2.15. The number of carbonyl (C=O) groups excluding carboxylic acids is 1. The van der Waals surface area contributed by atoms with Crippen LogP contribution in [0.25, 0.3) is 0 Å². The molecule has 0 unspecified atom stereocenters. The van der Waals surface area contributed by atoms with Gasteiger partial charge in [0.1, 0.15) is 11.5 Å². The first-order chi connectivity index (χ1) is 11.0. The van der Waals surface area contributed by atoms with Gasteiger partial charge in [-0.25, -0.2) is 0 Å². The monoisotopic (exact) mass is 313 g/mol. The Morgan fingerprint density at radius 1 is 1.04 bits per heavy atom. The second kappa shape index (κ2) is 7.68. The average molecular weight is 313 g/mol. The molecule has 2 rings (SSSR count). The van der Waals surface area contributed by atoms with Gasteiger partial charge in [-0.15, -0.1) is 0 Å². The van der Waals surface area contributed by atoms with Crippen molar-refractivity contribution in [1.29, 1.82) is 0 Å². The molecule has 2 aromatic rings. The van der Waals surface area contributed by atoms with Gasteiger partial charge in [-0.3, -0.25) is 4.79 Å². The van der Waals surface area contributed by atoms with E-state index in [2.05, 4.69) is 5.32 Å². The first-order valence-corrected chi connectivity index (χ1v) is 7.77. The van der Waals surface area contributed by atoms with Gasteiger partial charge in [-0.1, -0.05) is 6.07 Å². The van der Waals surface area contributed by atoms with Crippen LogP contribution < -0.4 is 14.8 Å². The average Bonchev–Trinajstić information content (AvgIpc) is 2.53. The molecule has 4 heteroatoms. The molecule has 0 saturated carbocycles. The third-order valence-corrected chi connectivity index (χ3v) is 3.59. The lowest BCUT2D eigenvalue weighted by molar-refractivity contribution is -0.122. The molecule has 0 spiro atoms. The second-order valence-corrected chi connectivity index (χ2v) is 5.45. The fourth-order valence-electron chi connectivity index (χ4n) is 2.09. The molecule has 4 nitrogen and oxygen atoms in total. The fourth-order valence-corrected chi connectivity index (χ4v) is 2.09. The lowest BCUT2D eigenvalue weighted by atomic mass is 10.1. The van der Waals surface area contributed by atoms with Gasteiger partial charge < -0.3 is 14.8 Å². The molecule has 0 aliphatic rings. The summed E-state index contributed by atoms with van der Waals surface area (Å²) in [5.41, 5.74) is 3.06. The largest absolute Gasteiger partial charge is 0.494 e. The predicted octanol–water partition coefficient (Wildman–Crippen LogP) is 4.11. The maximum atomic E-state index is 12.2. The lowest BCUT2D eigenvalue weighted by Crippen LogP contribution is -2.30. The zero-order valence-electron chi connectivity index (χ0n) is 14.1. The van der Waals surface area contributed by atoms with Crippen LogP contribution in [-0.4, -0.2) is 18.6 Å². The summed E-state index contributed by atoms with van der Waals surface area (Å²) in [5.74, 6) is 1.29. The van der Waals surface area contributed by atoms with Crippen molar-refractivity contribution < 1.29 is 14.3 Å². The van der Waals surface area contributed by atoms with Crippen molar-refractivity contribution in [2.45, 2.75) is 33.8 Å². The van der Waals surface area contributed by atoms with Crippen molar-refractivity contribution in [2.75, 3.05) is 11.9 Å². The van der Waals surface area contributed by atoms with Gasteiger partial charge in [-0.05, 0) is 75.2 Å². The summed E-state index contributed by atoms with van der Waals surface area (Å²) in [6.07, 6.45) is -0.580. The first-order valence-electron chi connectivity index (χ1n) is 7.77. The summed E-state index contributed by atoms with van der Waals surface area (Å²) in [7, 11) is 0. The number of hydrogen-bond donors (Lipinski definition) is 1. The number of anilines is 1. The van der Waals surface area contributed by atoms with E-state index in [4.69, 9.17) is 9.47 Å². The molecule has 0 saturated heterocycles. The van der Waals surface area contributed by atoms with E-state index < -0.39 is 6.10 Å². The van der Waals surface area contributed by atoms with Crippen LogP contribution in [0, 0.1) is 13.8 Å². The zero-order valence-corrected chi connectivity index (χ0v) is 14.1. The smallest absolute Gasteiger partial charge is 0.265 e. The number of amides is 1. The standard InChI is InChI=1S/C19H23NO3/c1-5-22-17-10-7-16(8-11-17)20-19(21)15(4)23-18-9-6-13(2)14(3)12-18/h6-12,15H,5H2,1-4H3,(H,20,21)/t15-/m0/s1. The fraction of sp³-hybridized carbons (Fsp3) is 0.316. The molecule has 0 aromatic heterocycles. The predicted molar refractivity (Wildman–Crippen MR) is 92.2 cm³/mol. The van der Waals surface area contributed by atoms with E-state index in [1.54, 1.807) is 6.92 Å². The van der Waals surface area contributed by atoms with Gasteiger partial charge in [-0.2, -0.15) is 0 Å². The van der Waals surface area contributed by atoms with Crippen molar-refractivity contribution in [3.63, 3.8) is 0 Å². The molecule has 23 heavy (non-hydrogen) atoms. The maximum absolute atomic E-state index is 12.2. The first kappa shape index (κ1) is 16.9. The van der Waals surface area contributed by atoms with E-state index >= 15 is 0 Å². The number of aryl methyl sites for hydroxylation is 2. The van der Waals surface area contributed by atoms with Crippen LogP contribution in [-0.2, 0) is 4.79 Å². The minimum Gasteiger partial charge on any atom is -0.494 e. The minimum absolute atomic E-state index is 0.188. The van der Waals surface area contributed by atoms with Crippen LogP contribution in [0.15, 0.2) is 42.5 Å². The Balaban J connectivity index is 1.95. The van der Waals surface area contributed by atoms with Crippen molar-refractivity contribution in [1.82, 2.24) is 0 Å². The van der Waals surface area contributed by atoms with Crippen LogP contribution >= 0.6 is 0 Å². The van der Waals surface area contributed by atoms with Crippen LogP contribution in [0.3, 0.4) is 0 Å². The summed E-state index contributed by atoms with van der Waals surface area (Å²) in [5, 5.41) is 2.84. The van der Waals surface area contributed by atoms with Crippen molar-refractivity contribution >= 4 is 11.6 Å². The van der Waals surface area contributed by atoms with Gasteiger partial charge >= 0.3 is 0 Å². The van der Waals surface area contributed by atoms with Gasteiger partial charge in [0.05, 0.1) is 6.61 Å². The van der Waals surface area contributed by atoms with E-state index in [0.717, 1.165) is 11.3 Å². The van der Waals surface area contributed by atoms with Crippen LogP contribution in [0.5, 0.6) is 11.5 Å². The topological polar surface area (TPSA) is 47.6 Å². The molecule has 1 amide bonds. The van der Waals surface area contributed by atoms with Gasteiger partial charge in [0.2, 0.25) is 0 Å². The number of benzene rings is 2. The Morgan fingerprint density at radius 2 is 1.70 bits per heavy atom. The van der Waals surface area contributed by atoms with Gasteiger partial charge in [0, 0.05) is 5.69 Å². The lowest BCUT2D eigenvalue weighted by Gasteiger charge is -2.16.